The lowest BCUT2D eigenvalue weighted by atomic mass is 10.1. The van der Waals surface area contributed by atoms with Crippen molar-refractivity contribution in [1.82, 2.24) is 0 Å². The molecule has 0 unspecified atom stereocenters. The monoisotopic (exact) mass is 244 g/mol. The number of benzene rings is 2. The van der Waals surface area contributed by atoms with E-state index in [1.165, 1.54) is 11.1 Å². The number of hydrogen-bond acceptors (Lipinski definition) is 2. The van der Waals surface area contributed by atoms with E-state index in [1.807, 2.05) is 12.1 Å². The van der Waals surface area contributed by atoms with Crippen LogP contribution in [-0.2, 0) is 13.1 Å². The summed E-state index contributed by atoms with van der Waals surface area (Å²) in [5, 5.41) is 0.683. The molecule has 0 saturated heterocycles. The average molecular weight is 245 g/mol. The number of rotatable bonds is 1. The highest BCUT2D eigenvalue weighted by atomic mass is 35.5. The minimum Gasteiger partial charge on any atom is -0.397 e. The van der Waals surface area contributed by atoms with E-state index in [0.717, 1.165) is 24.5 Å². The van der Waals surface area contributed by atoms with E-state index < -0.39 is 0 Å². The van der Waals surface area contributed by atoms with Crippen LogP contribution in [0.5, 0.6) is 0 Å². The molecule has 0 aromatic heterocycles. The largest absolute Gasteiger partial charge is 0.397 e. The molecular formula is C14H13ClN2. The van der Waals surface area contributed by atoms with Crippen molar-refractivity contribution in [3.8, 4) is 0 Å². The lowest BCUT2D eigenvalue weighted by Crippen LogP contribution is -2.15. The normalized spacial score (nSPS) is 13.8. The molecule has 86 valence electrons. The molecule has 2 aromatic carbocycles. The standard InChI is InChI=1S/C14H13ClN2/c15-12-5-6-14(13(16)7-12)17-8-10-3-1-2-4-11(10)9-17/h1-7H,8-9,16H2. The third-order valence-corrected chi connectivity index (χ3v) is 3.41. The summed E-state index contributed by atoms with van der Waals surface area (Å²) in [6, 6.07) is 14.2. The molecule has 1 aliphatic heterocycles. The van der Waals surface area contributed by atoms with Gasteiger partial charge in [0.2, 0.25) is 0 Å². The molecule has 0 radical (unpaired) electrons. The zero-order valence-corrected chi connectivity index (χ0v) is 10.1. The molecule has 3 heteroatoms. The second kappa shape index (κ2) is 3.97. The van der Waals surface area contributed by atoms with Gasteiger partial charge >= 0.3 is 0 Å². The predicted molar refractivity (Wildman–Crippen MR) is 72.2 cm³/mol. The molecule has 2 nitrogen and oxygen atoms in total. The van der Waals surface area contributed by atoms with E-state index >= 15 is 0 Å². The smallest absolute Gasteiger partial charge is 0.0607 e. The van der Waals surface area contributed by atoms with E-state index in [9.17, 15) is 0 Å². The van der Waals surface area contributed by atoms with Gasteiger partial charge in [-0.3, -0.25) is 0 Å². The molecule has 0 bridgehead atoms. The van der Waals surface area contributed by atoms with Gasteiger partial charge in [0.1, 0.15) is 0 Å². The van der Waals surface area contributed by atoms with E-state index in [1.54, 1.807) is 6.07 Å². The minimum atomic E-state index is 0.683. The van der Waals surface area contributed by atoms with Gasteiger partial charge in [-0.15, -0.1) is 0 Å². The molecule has 0 saturated carbocycles. The van der Waals surface area contributed by atoms with Gasteiger partial charge in [-0.05, 0) is 29.3 Å². The number of anilines is 2. The fourth-order valence-corrected chi connectivity index (χ4v) is 2.50. The Balaban J connectivity index is 1.94. The van der Waals surface area contributed by atoms with Crippen LogP contribution in [-0.4, -0.2) is 0 Å². The first-order chi connectivity index (χ1) is 8.24. The summed E-state index contributed by atoms with van der Waals surface area (Å²) in [5.41, 5.74) is 10.6. The van der Waals surface area contributed by atoms with Crippen LogP contribution in [0.3, 0.4) is 0 Å². The summed E-state index contributed by atoms with van der Waals surface area (Å²) in [7, 11) is 0. The van der Waals surface area contributed by atoms with Gasteiger partial charge in [0.15, 0.2) is 0 Å². The van der Waals surface area contributed by atoms with Gasteiger partial charge in [0, 0.05) is 18.1 Å². The first-order valence-electron chi connectivity index (χ1n) is 5.61. The van der Waals surface area contributed by atoms with Crippen LogP contribution in [0, 0.1) is 0 Å². The van der Waals surface area contributed by atoms with Crippen molar-refractivity contribution in [3.05, 3.63) is 58.6 Å². The fourth-order valence-electron chi connectivity index (χ4n) is 2.32. The van der Waals surface area contributed by atoms with Crippen molar-refractivity contribution in [2.24, 2.45) is 0 Å². The van der Waals surface area contributed by atoms with Crippen molar-refractivity contribution in [2.45, 2.75) is 13.1 Å². The Bertz CT molecular complexity index is 541. The topological polar surface area (TPSA) is 29.3 Å². The SMILES string of the molecule is Nc1cc(Cl)ccc1N1Cc2ccccc2C1. The Morgan fingerprint density at radius 3 is 2.24 bits per heavy atom. The van der Waals surface area contributed by atoms with Crippen LogP contribution in [0.25, 0.3) is 0 Å². The highest BCUT2D eigenvalue weighted by Gasteiger charge is 2.19. The van der Waals surface area contributed by atoms with Crippen LogP contribution >= 0.6 is 11.6 Å². The van der Waals surface area contributed by atoms with Crippen LogP contribution < -0.4 is 10.6 Å². The summed E-state index contributed by atoms with van der Waals surface area (Å²) in [4.78, 5) is 2.27. The summed E-state index contributed by atoms with van der Waals surface area (Å²) < 4.78 is 0. The maximum absolute atomic E-state index is 6.01. The Morgan fingerprint density at radius 1 is 1.00 bits per heavy atom. The van der Waals surface area contributed by atoms with Gasteiger partial charge in [-0.25, -0.2) is 0 Å². The molecule has 0 aliphatic carbocycles. The minimum absolute atomic E-state index is 0.683. The van der Waals surface area contributed by atoms with E-state index in [-0.39, 0.29) is 0 Å². The third kappa shape index (κ3) is 1.85. The molecule has 1 heterocycles. The van der Waals surface area contributed by atoms with Crippen LogP contribution in [0.4, 0.5) is 11.4 Å². The van der Waals surface area contributed by atoms with Crippen molar-refractivity contribution in [3.63, 3.8) is 0 Å². The van der Waals surface area contributed by atoms with Gasteiger partial charge < -0.3 is 10.6 Å². The molecule has 0 atom stereocenters. The zero-order chi connectivity index (χ0) is 11.8. The number of nitrogens with two attached hydrogens (primary N) is 1. The van der Waals surface area contributed by atoms with Gasteiger partial charge in [0.05, 0.1) is 11.4 Å². The number of halogens is 1. The molecule has 3 rings (SSSR count). The molecule has 0 spiro atoms. The maximum Gasteiger partial charge on any atom is 0.0607 e. The molecule has 0 amide bonds. The van der Waals surface area contributed by atoms with Crippen molar-refractivity contribution in [2.75, 3.05) is 10.6 Å². The quantitative estimate of drug-likeness (QED) is 0.779. The lowest BCUT2D eigenvalue weighted by Gasteiger charge is -2.19. The molecule has 17 heavy (non-hydrogen) atoms. The zero-order valence-electron chi connectivity index (χ0n) is 9.36. The predicted octanol–water partition coefficient (Wildman–Crippen LogP) is 3.44. The van der Waals surface area contributed by atoms with E-state index in [2.05, 4.69) is 29.2 Å². The second-order valence-electron chi connectivity index (χ2n) is 4.33. The summed E-state index contributed by atoms with van der Waals surface area (Å²) in [5.74, 6) is 0. The number of nitrogens with zero attached hydrogens (tertiary/aromatic N) is 1. The number of hydrogen-bond donors (Lipinski definition) is 1. The van der Waals surface area contributed by atoms with Gasteiger partial charge in [-0.2, -0.15) is 0 Å². The summed E-state index contributed by atoms with van der Waals surface area (Å²) in [6.45, 7) is 1.84. The summed E-state index contributed by atoms with van der Waals surface area (Å²) >= 11 is 5.91. The number of nitrogen functional groups attached to an aromatic ring is 1. The molecule has 2 N–H and O–H groups in total. The maximum atomic E-state index is 6.01. The molecule has 1 aliphatic rings. The average Bonchev–Trinajstić information content (AvgIpc) is 2.72. The summed E-state index contributed by atoms with van der Waals surface area (Å²) in [6.07, 6.45) is 0. The fraction of sp³-hybridized carbons (Fsp3) is 0.143. The van der Waals surface area contributed by atoms with Crippen molar-refractivity contribution >= 4 is 23.0 Å². The van der Waals surface area contributed by atoms with Gasteiger partial charge in [0.25, 0.3) is 0 Å². The second-order valence-corrected chi connectivity index (χ2v) is 4.76. The van der Waals surface area contributed by atoms with Crippen LogP contribution in [0.15, 0.2) is 42.5 Å². The Labute approximate surface area is 106 Å². The van der Waals surface area contributed by atoms with Gasteiger partial charge in [-0.1, -0.05) is 35.9 Å². The molecular weight excluding hydrogens is 232 g/mol. The first kappa shape index (κ1) is 10.5. The Morgan fingerprint density at radius 2 is 1.65 bits per heavy atom. The van der Waals surface area contributed by atoms with Crippen LogP contribution in [0.2, 0.25) is 5.02 Å². The van der Waals surface area contributed by atoms with Crippen molar-refractivity contribution < 1.29 is 0 Å². The molecule has 2 aromatic rings. The number of fused-ring (bicyclic) bond motifs is 1. The Kier molecular flexibility index (Phi) is 2.45. The lowest BCUT2D eigenvalue weighted by molar-refractivity contribution is 0.882. The Hall–Kier alpha value is -1.67. The van der Waals surface area contributed by atoms with E-state index in [0.29, 0.717) is 5.02 Å². The van der Waals surface area contributed by atoms with E-state index in [4.69, 9.17) is 17.3 Å². The third-order valence-electron chi connectivity index (χ3n) is 3.17. The van der Waals surface area contributed by atoms with Crippen LogP contribution in [0.1, 0.15) is 11.1 Å². The highest BCUT2D eigenvalue weighted by Crippen LogP contribution is 2.33. The highest BCUT2D eigenvalue weighted by molar-refractivity contribution is 6.31. The molecule has 0 fully saturated rings. The van der Waals surface area contributed by atoms with Crippen molar-refractivity contribution in [1.29, 1.82) is 0 Å². The first-order valence-corrected chi connectivity index (χ1v) is 5.98.